The minimum Gasteiger partial charge on any atom is -0.472 e. The van der Waals surface area contributed by atoms with Gasteiger partial charge in [0.1, 0.15) is 12.3 Å². The molecule has 2 aromatic carbocycles. The third kappa shape index (κ3) is 4.44. The Morgan fingerprint density at radius 2 is 1.72 bits per heavy atom. The van der Waals surface area contributed by atoms with Gasteiger partial charge in [0.05, 0.1) is 6.54 Å². The zero-order valence-corrected chi connectivity index (χ0v) is 16.7. The molecule has 0 aliphatic heterocycles. The second kappa shape index (κ2) is 9.06. The fraction of sp³-hybridized carbons (Fsp3) is 0.130. The first-order valence-corrected chi connectivity index (χ1v) is 9.70. The molecular weight excluding hydrogens is 412 g/mol. The van der Waals surface area contributed by atoms with Gasteiger partial charge in [-0.1, -0.05) is 54.5 Å². The molecule has 0 unspecified atom stereocenters. The van der Waals surface area contributed by atoms with Crippen LogP contribution in [0.1, 0.15) is 27.5 Å². The van der Waals surface area contributed by atoms with Crippen molar-refractivity contribution in [3.8, 4) is 23.0 Å². The van der Waals surface area contributed by atoms with Crippen molar-refractivity contribution in [2.24, 2.45) is 0 Å². The number of H-pyrrole nitrogens is 1. The number of benzene rings is 2. The van der Waals surface area contributed by atoms with Crippen molar-refractivity contribution < 1.29 is 24.2 Å². The fourth-order valence-electron chi connectivity index (χ4n) is 3.58. The average molecular weight is 430 g/mol. The Morgan fingerprint density at radius 1 is 1.06 bits per heavy atom. The number of carbonyl (C=O) groups excluding carboxylic acids is 2. The molecule has 4 N–H and O–H groups in total. The summed E-state index contributed by atoms with van der Waals surface area (Å²) in [5.74, 6) is 2.38. The van der Waals surface area contributed by atoms with Crippen LogP contribution >= 0.6 is 0 Å². The van der Waals surface area contributed by atoms with Crippen LogP contribution in [0.4, 0.5) is 10.6 Å². The smallest absolute Gasteiger partial charge is 0.412 e. The molecule has 0 radical (unpaired) electrons. The molecule has 1 heterocycles. The molecule has 0 atom stereocenters. The van der Waals surface area contributed by atoms with Crippen molar-refractivity contribution in [1.29, 1.82) is 0 Å². The zero-order valence-electron chi connectivity index (χ0n) is 16.7. The Balaban J connectivity index is 1.34. The van der Waals surface area contributed by atoms with Crippen LogP contribution in [-0.2, 0) is 9.53 Å². The number of carboxylic acids is 1. The predicted octanol–water partition coefficient (Wildman–Crippen LogP) is 2.59. The highest BCUT2D eigenvalue weighted by Gasteiger charge is 2.29. The van der Waals surface area contributed by atoms with Crippen LogP contribution in [-0.4, -0.2) is 46.4 Å². The van der Waals surface area contributed by atoms with Crippen molar-refractivity contribution in [2.45, 2.75) is 5.92 Å². The number of nitrogens with zero attached hydrogens (tertiary/aromatic N) is 1. The van der Waals surface area contributed by atoms with Crippen molar-refractivity contribution in [3.05, 3.63) is 71.4 Å². The van der Waals surface area contributed by atoms with Crippen LogP contribution in [0.3, 0.4) is 0 Å². The molecule has 0 saturated heterocycles. The van der Waals surface area contributed by atoms with Crippen LogP contribution in [0.2, 0.25) is 0 Å². The second-order valence-electron chi connectivity index (χ2n) is 6.91. The number of hydrogen-bond donors (Lipinski definition) is 4. The highest BCUT2D eigenvalue weighted by atomic mass is 16.5. The van der Waals surface area contributed by atoms with Crippen LogP contribution in [0, 0.1) is 11.8 Å². The van der Waals surface area contributed by atoms with E-state index in [2.05, 4.69) is 38.9 Å². The average Bonchev–Trinajstić information content (AvgIpc) is 3.38. The number of amides is 2. The SMILES string of the molecule is O=C(O)C#CCNC(=O)c1cc(NC(=O)OCC2c3ccccc3-c3ccccc32)n[nH]1. The molecule has 1 aliphatic rings. The monoisotopic (exact) mass is 430 g/mol. The minimum atomic E-state index is -1.28. The van der Waals surface area contributed by atoms with Gasteiger partial charge in [0.2, 0.25) is 0 Å². The van der Waals surface area contributed by atoms with E-state index in [0.717, 1.165) is 22.3 Å². The number of aromatic amines is 1. The summed E-state index contributed by atoms with van der Waals surface area (Å²) in [6.45, 7) is 0.0131. The van der Waals surface area contributed by atoms with E-state index < -0.39 is 18.0 Å². The summed E-state index contributed by atoms with van der Waals surface area (Å²) >= 11 is 0. The number of hydrogen-bond acceptors (Lipinski definition) is 5. The highest BCUT2D eigenvalue weighted by Crippen LogP contribution is 2.44. The first-order chi connectivity index (χ1) is 15.5. The van der Waals surface area contributed by atoms with Crippen molar-refractivity contribution in [3.63, 3.8) is 0 Å². The summed E-state index contributed by atoms with van der Waals surface area (Å²) in [4.78, 5) is 34.6. The molecule has 160 valence electrons. The lowest BCUT2D eigenvalue weighted by Gasteiger charge is -2.14. The quantitative estimate of drug-likeness (QED) is 0.460. The topological polar surface area (TPSA) is 133 Å². The van der Waals surface area contributed by atoms with Gasteiger partial charge in [-0.2, -0.15) is 5.10 Å². The lowest BCUT2D eigenvalue weighted by atomic mass is 9.98. The van der Waals surface area contributed by atoms with E-state index >= 15 is 0 Å². The Morgan fingerprint density at radius 3 is 2.38 bits per heavy atom. The van der Waals surface area contributed by atoms with Gasteiger partial charge in [0.25, 0.3) is 5.91 Å². The predicted molar refractivity (Wildman–Crippen MR) is 115 cm³/mol. The van der Waals surface area contributed by atoms with Crippen LogP contribution in [0.5, 0.6) is 0 Å². The highest BCUT2D eigenvalue weighted by molar-refractivity contribution is 5.94. The van der Waals surface area contributed by atoms with Gasteiger partial charge in [0, 0.05) is 17.9 Å². The number of carboxylic acid groups (broad SMARTS) is 1. The number of rotatable bonds is 5. The summed E-state index contributed by atoms with van der Waals surface area (Å²) in [5.41, 5.74) is 4.55. The minimum absolute atomic E-state index is 0.0689. The van der Waals surface area contributed by atoms with Crippen LogP contribution < -0.4 is 10.6 Å². The number of fused-ring (bicyclic) bond motifs is 3. The number of nitrogens with one attached hydrogen (secondary N) is 3. The van der Waals surface area contributed by atoms with E-state index in [1.54, 1.807) is 0 Å². The normalized spacial score (nSPS) is 11.5. The number of carbonyl (C=O) groups is 3. The first kappa shape index (κ1) is 20.7. The molecule has 0 spiro atoms. The number of aliphatic carboxylic acids is 1. The number of aromatic nitrogens is 2. The summed E-state index contributed by atoms with van der Waals surface area (Å²) in [6, 6.07) is 17.4. The number of anilines is 1. The van der Waals surface area contributed by atoms with E-state index in [1.807, 2.05) is 42.3 Å². The van der Waals surface area contributed by atoms with E-state index in [0.29, 0.717) is 0 Å². The molecule has 0 saturated carbocycles. The summed E-state index contributed by atoms with van der Waals surface area (Å²) in [5, 5.41) is 19.7. The van der Waals surface area contributed by atoms with E-state index in [9.17, 15) is 14.4 Å². The molecule has 1 aliphatic carbocycles. The molecule has 9 nitrogen and oxygen atoms in total. The van der Waals surface area contributed by atoms with Crippen LogP contribution in [0.15, 0.2) is 54.6 Å². The van der Waals surface area contributed by atoms with Gasteiger partial charge in [-0.05, 0) is 22.3 Å². The largest absolute Gasteiger partial charge is 0.472 e. The maximum Gasteiger partial charge on any atom is 0.412 e. The van der Waals surface area contributed by atoms with Gasteiger partial charge < -0.3 is 15.2 Å². The van der Waals surface area contributed by atoms with Gasteiger partial charge in [-0.15, -0.1) is 0 Å². The molecule has 32 heavy (non-hydrogen) atoms. The van der Waals surface area contributed by atoms with Crippen molar-refractivity contribution >= 4 is 23.8 Å². The molecule has 3 aromatic rings. The van der Waals surface area contributed by atoms with Gasteiger partial charge in [-0.3, -0.25) is 15.2 Å². The third-order valence-electron chi connectivity index (χ3n) is 4.93. The van der Waals surface area contributed by atoms with Crippen molar-refractivity contribution in [2.75, 3.05) is 18.5 Å². The molecule has 4 rings (SSSR count). The van der Waals surface area contributed by atoms with E-state index in [-0.39, 0.29) is 30.6 Å². The van der Waals surface area contributed by atoms with Gasteiger partial charge in [-0.25, -0.2) is 9.59 Å². The van der Waals surface area contributed by atoms with E-state index in [4.69, 9.17) is 9.84 Å². The fourth-order valence-corrected chi connectivity index (χ4v) is 3.58. The van der Waals surface area contributed by atoms with Crippen molar-refractivity contribution in [1.82, 2.24) is 15.5 Å². The molecule has 1 aromatic heterocycles. The summed E-state index contributed by atoms with van der Waals surface area (Å²) in [6.07, 6.45) is -0.697. The second-order valence-corrected chi connectivity index (χ2v) is 6.91. The van der Waals surface area contributed by atoms with Crippen LogP contribution in [0.25, 0.3) is 11.1 Å². The van der Waals surface area contributed by atoms with E-state index in [1.165, 1.54) is 6.07 Å². The molecule has 0 fully saturated rings. The lowest BCUT2D eigenvalue weighted by Crippen LogP contribution is -2.24. The molecule has 9 heteroatoms. The molecular formula is C23H18N4O5. The maximum absolute atomic E-state index is 12.3. The standard InChI is InChI=1S/C23H18N4O5/c28-21(29)10-5-11-24-22(30)19-12-20(27-26-19)25-23(31)32-13-18-16-8-3-1-6-14(16)15-7-2-4-9-17(15)18/h1-4,6-9,12,18H,11,13H2,(H,24,30)(H,28,29)(H2,25,26,27,31). The first-order valence-electron chi connectivity index (χ1n) is 9.70. The third-order valence-corrected chi connectivity index (χ3v) is 4.93. The Hall–Kier alpha value is -4.58. The Bertz CT molecular complexity index is 1210. The Labute approximate surface area is 182 Å². The lowest BCUT2D eigenvalue weighted by molar-refractivity contribution is -0.130. The number of ether oxygens (including phenoxy) is 1. The molecule has 2 amide bonds. The summed E-state index contributed by atoms with van der Waals surface area (Å²) < 4.78 is 5.44. The van der Waals surface area contributed by atoms with Gasteiger partial charge in [0.15, 0.2) is 5.82 Å². The molecule has 0 bridgehead atoms. The summed E-state index contributed by atoms with van der Waals surface area (Å²) in [7, 11) is 0. The maximum atomic E-state index is 12.3. The zero-order chi connectivity index (χ0) is 22.5. The Kier molecular flexibility index (Phi) is 5.85. The van der Waals surface area contributed by atoms with Gasteiger partial charge >= 0.3 is 12.1 Å².